The van der Waals surface area contributed by atoms with Crippen molar-refractivity contribution in [3.63, 3.8) is 0 Å². The Morgan fingerprint density at radius 3 is 2.67 bits per heavy atom. The van der Waals surface area contributed by atoms with Gasteiger partial charge in [0, 0.05) is 5.92 Å². The van der Waals surface area contributed by atoms with Gasteiger partial charge in [-0.2, -0.15) is 4.98 Å². The molecule has 1 heterocycles. The summed E-state index contributed by atoms with van der Waals surface area (Å²) in [4.78, 5) is 20.6. The van der Waals surface area contributed by atoms with Crippen LogP contribution < -0.4 is 9.47 Å². The second kappa shape index (κ2) is 5.33. The van der Waals surface area contributed by atoms with Crippen molar-refractivity contribution >= 4 is 5.78 Å². The van der Waals surface area contributed by atoms with Crippen molar-refractivity contribution in [1.29, 1.82) is 0 Å². The minimum absolute atomic E-state index is 0.0337. The second-order valence-electron chi connectivity index (χ2n) is 4.75. The maximum absolute atomic E-state index is 12.3. The number of carbonyl (C=O) groups is 1. The number of ketones is 1. The van der Waals surface area contributed by atoms with E-state index in [-0.39, 0.29) is 17.6 Å². The lowest BCUT2D eigenvalue weighted by molar-refractivity contribution is 0.0910. The van der Waals surface area contributed by atoms with Crippen LogP contribution in [0.25, 0.3) is 0 Å². The van der Waals surface area contributed by atoms with Gasteiger partial charge in [-0.05, 0) is 25.2 Å². The number of hydrogen-bond acceptors (Lipinski definition) is 5. The molecule has 2 unspecified atom stereocenters. The minimum Gasteiger partial charge on any atom is -0.480 e. The van der Waals surface area contributed by atoms with Gasteiger partial charge in [-0.25, -0.2) is 4.98 Å². The highest BCUT2D eigenvalue weighted by Crippen LogP contribution is 2.33. The highest BCUT2D eigenvalue weighted by molar-refractivity contribution is 5.98. The smallest absolute Gasteiger partial charge is 0.246 e. The third kappa shape index (κ3) is 2.44. The number of rotatable bonds is 4. The predicted octanol–water partition coefficient (Wildman–Crippen LogP) is 2.11. The molecule has 0 aromatic carbocycles. The van der Waals surface area contributed by atoms with E-state index in [0.717, 1.165) is 19.3 Å². The molecule has 0 amide bonds. The molecule has 0 radical (unpaired) electrons. The van der Waals surface area contributed by atoms with Crippen molar-refractivity contribution in [2.45, 2.75) is 26.2 Å². The molecule has 2 rings (SSSR count). The van der Waals surface area contributed by atoms with Crippen molar-refractivity contribution in [2.75, 3.05) is 14.2 Å². The Morgan fingerprint density at radius 2 is 2.11 bits per heavy atom. The van der Waals surface area contributed by atoms with Crippen LogP contribution in [0.3, 0.4) is 0 Å². The Kier molecular flexibility index (Phi) is 3.79. The van der Waals surface area contributed by atoms with E-state index in [2.05, 4.69) is 16.9 Å². The molecular weight excluding hydrogens is 232 g/mol. The molecule has 0 spiro atoms. The normalized spacial score (nSPS) is 22.8. The number of carbonyl (C=O) groups excluding carboxylic acids is 1. The molecule has 1 aliphatic carbocycles. The number of ether oxygens (including phenoxy) is 2. The summed E-state index contributed by atoms with van der Waals surface area (Å²) >= 11 is 0. The van der Waals surface area contributed by atoms with Crippen LogP contribution in [0.15, 0.2) is 6.20 Å². The zero-order valence-corrected chi connectivity index (χ0v) is 11.0. The Hall–Kier alpha value is -1.65. The fourth-order valence-corrected chi connectivity index (χ4v) is 2.41. The quantitative estimate of drug-likeness (QED) is 0.766. The summed E-state index contributed by atoms with van der Waals surface area (Å²) in [5.74, 6) is 1.29. The largest absolute Gasteiger partial charge is 0.480 e. The molecule has 5 nitrogen and oxygen atoms in total. The van der Waals surface area contributed by atoms with E-state index < -0.39 is 0 Å². The molecule has 1 aromatic heterocycles. The van der Waals surface area contributed by atoms with Crippen LogP contribution in [-0.4, -0.2) is 30.0 Å². The van der Waals surface area contributed by atoms with Gasteiger partial charge in [0.05, 0.1) is 20.4 Å². The van der Waals surface area contributed by atoms with E-state index in [9.17, 15) is 4.79 Å². The number of methoxy groups -OCH3 is 2. The van der Waals surface area contributed by atoms with Gasteiger partial charge in [0.1, 0.15) is 0 Å². The number of hydrogen-bond donors (Lipinski definition) is 0. The summed E-state index contributed by atoms with van der Waals surface area (Å²) in [7, 11) is 2.99. The van der Waals surface area contributed by atoms with Crippen LogP contribution in [-0.2, 0) is 0 Å². The number of aromatic nitrogens is 2. The summed E-state index contributed by atoms with van der Waals surface area (Å²) < 4.78 is 10.1. The molecule has 1 aliphatic rings. The average Bonchev–Trinajstić information content (AvgIpc) is 2.83. The highest BCUT2D eigenvalue weighted by atomic mass is 16.5. The first-order chi connectivity index (χ1) is 8.65. The topological polar surface area (TPSA) is 61.3 Å². The van der Waals surface area contributed by atoms with E-state index in [4.69, 9.17) is 9.47 Å². The summed E-state index contributed by atoms with van der Waals surface area (Å²) in [5, 5.41) is 0. The van der Waals surface area contributed by atoms with Crippen LogP contribution in [0.2, 0.25) is 0 Å². The zero-order valence-electron chi connectivity index (χ0n) is 11.0. The molecule has 2 atom stereocenters. The highest BCUT2D eigenvalue weighted by Gasteiger charge is 2.31. The molecule has 0 aliphatic heterocycles. The molecule has 1 aromatic rings. The van der Waals surface area contributed by atoms with Gasteiger partial charge in [0.2, 0.25) is 11.8 Å². The monoisotopic (exact) mass is 250 g/mol. The fourth-order valence-electron chi connectivity index (χ4n) is 2.41. The molecule has 18 heavy (non-hydrogen) atoms. The van der Waals surface area contributed by atoms with Gasteiger partial charge in [-0.3, -0.25) is 4.79 Å². The Balaban J connectivity index is 2.24. The van der Waals surface area contributed by atoms with Gasteiger partial charge in [-0.1, -0.05) is 6.92 Å². The van der Waals surface area contributed by atoms with Gasteiger partial charge < -0.3 is 9.47 Å². The van der Waals surface area contributed by atoms with Gasteiger partial charge in [-0.15, -0.1) is 0 Å². The van der Waals surface area contributed by atoms with E-state index >= 15 is 0 Å². The summed E-state index contributed by atoms with van der Waals surface area (Å²) in [6, 6.07) is 0. The summed E-state index contributed by atoms with van der Waals surface area (Å²) in [5.41, 5.74) is 0.317. The molecule has 0 bridgehead atoms. The van der Waals surface area contributed by atoms with Crippen LogP contribution in [0, 0.1) is 11.8 Å². The van der Waals surface area contributed by atoms with Crippen molar-refractivity contribution in [1.82, 2.24) is 9.97 Å². The summed E-state index contributed by atoms with van der Waals surface area (Å²) in [6.07, 6.45) is 4.41. The van der Waals surface area contributed by atoms with Gasteiger partial charge >= 0.3 is 0 Å². The Bertz CT molecular complexity index is 448. The lowest BCUT2D eigenvalue weighted by Gasteiger charge is -2.11. The maximum Gasteiger partial charge on any atom is 0.246 e. The molecule has 0 N–H and O–H groups in total. The summed E-state index contributed by atoms with van der Waals surface area (Å²) in [6.45, 7) is 2.17. The van der Waals surface area contributed by atoms with Gasteiger partial charge in [0.15, 0.2) is 11.5 Å². The Labute approximate surface area is 107 Å². The van der Waals surface area contributed by atoms with Crippen LogP contribution in [0.1, 0.15) is 36.7 Å². The second-order valence-corrected chi connectivity index (χ2v) is 4.75. The molecule has 5 heteroatoms. The first-order valence-electron chi connectivity index (χ1n) is 6.15. The minimum atomic E-state index is 0.0337. The van der Waals surface area contributed by atoms with Crippen molar-refractivity contribution in [3.8, 4) is 11.8 Å². The first kappa shape index (κ1) is 12.8. The van der Waals surface area contributed by atoms with Crippen molar-refractivity contribution in [3.05, 3.63) is 11.9 Å². The molecule has 1 fully saturated rings. The lowest BCUT2D eigenvalue weighted by atomic mass is 9.99. The van der Waals surface area contributed by atoms with E-state index in [0.29, 0.717) is 17.5 Å². The number of nitrogens with zero attached hydrogens (tertiary/aromatic N) is 2. The van der Waals surface area contributed by atoms with Gasteiger partial charge in [0.25, 0.3) is 0 Å². The van der Waals surface area contributed by atoms with Crippen LogP contribution in [0.4, 0.5) is 0 Å². The van der Waals surface area contributed by atoms with E-state index in [1.54, 1.807) is 0 Å². The SMILES string of the molecule is COc1cnc(C(=O)C2CCC(C)C2)c(OC)n1. The Morgan fingerprint density at radius 1 is 1.33 bits per heavy atom. The zero-order chi connectivity index (χ0) is 13.1. The molecule has 0 saturated heterocycles. The molecule has 98 valence electrons. The third-order valence-corrected chi connectivity index (χ3v) is 3.42. The van der Waals surface area contributed by atoms with Crippen LogP contribution >= 0.6 is 0 Å². The third-order valence-electron chi connectivity index (χ3n) is 3.42. The average molecular weight is 250 g/mol. The lowest BCUT2D eigenvalue weighted by Crippen LogP contribution is -2.15. The number of Topliss-reactive ketones (excluding diaryl/α,β-unsaturated/α-hetero) is 1. The van der Waals surface area contributed by atoms with Crippen molar-refractivity contribution in [2.24, 2.45) is 11.8 Å². The molecule has 1 saturated carbocycles. The molecular formula is C13H18N2O3. The van der Waals surface area contributed by atoms with Crippen LogP contribution in [0.5, 0.6) is 11.8 Å². The fraction of sp³-hybridized carbons (Fsp3) is 0.615. The maximum atomic E-state index is 12.3. The first-order valence-corrected chi connectivity index (χ1v) is 6.15. The predicted molar refractivity (Wildman–Crippen MR) is 66.0 cm³/mol. The van der Waals surface area contributed by atoms with Crippen molar-refractivity contribution < 1.29 is 14.3 Å². The van der Waals surface area contributed by atoms with E-state index in [1.165, 1.54) is 20.4 Å². The van der Waals surface area contributed by atoms with E-state index in [1.807, 2.05) is 0 Å². The standard InChI is InChI=1S/C13H18N2O3/c1-8-4-5-9(6-8)12(16)11-13(18-3)15-10(17-2)7-14-11/h7-9H,4-6H2,1-3H3.